The van der Waals surface area contributed by atoms with Gasteiger partial charge in [-0.3, -0.25) is 9.80 Å². The predicted octanol–water partition coefficient (Wildman–Crippen LogP) is 2.31. The van der Waals surface area contributed by atoms with Crippen LogP contribution in [0.4, 0.5) is 0 Å². The summed E-state index contributed by atoms with van der Waals surface area (Å²) in [5.41, 5.74) is -0.0420. The number of carbonyl (C=O) groups excluding carboxylic acids is 1. The number of hydrogen-bond acceptors (Lipinski definition) is 2. The molecule has 5 fully saturated rings. The van der Waals surface area contributed by atoms with E-state index in [1.54, 1.807) is 5.01 Å². The zero-order valence-corrected chi connectivity index (χ0v) is 11.3. The van der Waals surface area contributed by atoms with E-state index in [0.29, 0.717) is 12.3 Å². The molecule has 1 amide bonds. The van der Waals surface area contributed by atoms with Crippen LogP contribution < -0.4 is 5.84 Å². The second kappa shape index (κ2) is 3.50. The van der Waals surface area contributed by atoms with Gasteiger partial charge in [-0.1, -0.05) is 0 Å². The van der Waals surface area contributed by atoms with Crippen molar-refractivity contribution in [2.75, 3.05) is 0 Å². The van der Waals surface area contributed by atoms with E-state index in [1.807, 2.05) is 0 Å². The van der Waals surface area contributed by atoms with Gasteiger partial charge >= 0.3 is 0 Å². The normalized spacial score (nSPS) is 54.4. The molecular formula is C15H24N2O. The van der Waals surface area contributed by atoms with Crippen molar-refractivity contribution in [1.82, 2.24) is 5.01 Å². The summed E-state index contributed by atoms with van der Waals surface area (Å²) in [5.74, 6) is 10.7. The van der Waals surface area contributed by atoms with Crippen LogP contribution in [0.3, 0.4) is 0 Å². The van der Waals surface area contributed by atoms with Crippen molar-refractivity contribution in [2.24, 2.45) is 35.4 Å². The molecule has 1 unspecified atom stereocenters. The van der Waals surface area contributed by atoms with Gasteiger partial charge in [0.15, 0.2) is 0 Å². The molecule has 2 N–H and O–H groups in total. The Morgan fingerprint density at radius 1 is 1.11 bits per heavy atom. The minimum absolute atomic E-state index is 0.0420. The number of amides is 1. The van der Waals surface area contributed by atoms with Crippen molar-refractivity contribution in [1.29, 1.82) is 0 Å². The summed E-state index contributed by atoms with van der Waals surface area (Å²) in [7, 11) is 0. The summed E-state index contributed by atoms with van der Waals surface area (Å²) in [6, 6.07) is 0. The molecule has 100 valence electrons. The minimum atomic E-state index is -0.0420. The molecule has 1 heterocycles. The molecule has 1 saturated heterocycles. The molecule has 0 spiro atoms. The van der Waals surface area contributed by atoms with Crippen LogP contribution >= 0.6 is 0 Å². The Kier molecular flexibility index (Phi) is 2.19. The van der Waals surface area contributed by atoms with Crippen LogP contribution in [0.2, 0.25) is 0 Å². The van der Waals surface area contributed by atoms with Gasteiger partial charge in [-0.15, -0.1) is 0 Å². The van der Waals surface area contributed by atoms with Gasteiger partial charge in [0.1, 0.15) is 0 Å². The van der Waals surface area contributed by atoms with Gasteiger partial charge < -0.3 is 0 Å². The second-order valence-corrected chi connectivity index (χ2v) is 7.58. The molecule has 4 saturated carbocycles. The Morgan fingerprint density at radius 3 is 2.11 bits per heavy atom. The molecule has 0 radical (unpaired) electrons. The number of carbonyl (C=O) groups is 1. The van der Waals surface area contributed by atoms with Crippen molar-refractivity contribution in [3.05, 3.63) is 0 Å². The van der Waals surface area contributed by atoms with E-state index in [0.717, 1.165) is 30.1 Å². The fourth-order valence-corrected chi connectivity index (χ4v) is 6.15. The highest BCUT2D eigenvalue weighted by Crippen LogP contribution is 2.60. The molecule has 0 aromatic heterocycles. The fraction of sp³-hybridized carbons (Fsp3) is 0.933. The molecular weight excluding hydrogens is 224 g/mol. The lowest BCUT2D eigenvalue weighted by molar-refractivity contribution is -0.140. The molecule has 4 aliphatic carbocycles. The predicted molar refractivity (Wildman–Crippen MR) is 69.2 cm³/mol. The van der Waals surface area contributed by atoms with E-state index in [9.17, 15) is 4.79 Å². The van der Waals surface area contributed by atoms with E-state index in [4.69, 9.17) is 5.84 Å². The molecule has 3 heteroatoms. The van der Waals surface area contributed by atoms with Gasteiger partial charge in [0.25, 0.3) is 0 Å². The third-order valence-corrected chi connectivity index (χ3v) is 6.61. The Balaban J connectivity index is 1.67. The maximum Gasteiger partial charge on any atom is 0.237 e. The molecule has 0 aromatic carbocycles. The monoisotopic (exact) mass is 248 g/mol. The SMILES string of the molecule is CC1(C2C3CC4CC(C3)CC2C4)CCC(=O)N1N. The largest absolute Gasteiger partial charge is 0.274 e. The van der Waals surface area contributed by atoms with Crippen LogP contribution in [-0.2, 0) is 4.79 Å². The molecule has 1 aliphatic heterocycles. The van der Waals surface area contributed by atoms with Gasteiger partial charge in [-0.25, -0.2) is 5.84 Å². The topological polar surface area (TPSA) is 46.3 Å². The fourth-order valence-electron chi connectivity index (χ4n) is 6.15. The summed E-state index contributed by atoms with van der Waals surface area (Å²) >= 11 is 0. The molecule has 4 bridgehead atoms. The maximum absolute atomic E-state index is 11.8. The van der Waals surface area contributed by atoms with Crippen molar-refractivity contribution in [3.8, 4) is 0 Å². The summed E-state index contributed by atoms with van der Waals surface area (Å²) < 4.78 is 0. The molecule has 3 nitrogen and oxygen atoms in total. The lowest BCUT2D eigenvalue weighted by Crippen LogP contribution is -2.61. The zero-order chi connectivity index (χ0) is 12.5. The first-order valence-corrected chi connectivity index (χ1v) is 7.65. The molecule has 5 aliphatic rings. The number of nitrogens with zero attached hydrogens (tertiary/aromatic N) is 1. The smallest absolute Gasteiger partial charge is 0.237 e. The van der Waals surface area contributed by atoms with E-state index in [2.05, 4.69) is 6.92 Å². The first-order chi connectivity index (χ1) is 8.58. The van der Waals surface area contributed by atoms with Crippen molar-refractivity contribution < 1.29 is 4.79 Å². The summed E-state index contributed by atoms with van der Waals surface area (Å²) in [5, 5.41) is 1.61. The Morgan fingerprint density at radius 2 is 1.67 bits per heavy atom. The number of rotatable bonds is 1. The van der Waals surface area contributed by atoms with E-state index in [1.165, 1.54) is 32.1 Å². The highest BCUT2D eigenvalue weighted by molar-refractivity contribution is 5.79. The van der Waals surface area contributed by atoms with Gasteiger partial charge in [0.2, 0.25) is 5.91 Å². The van der Waals surface area contributed by atoms with Crippen LogP contribution in [0.15, 0.2) is 0 Å². The van der Waals surface area contributed by atoms with Crippen LogP contribution in [0.1, 0.15) is 51.9 Å². The lowest BCUT2D eigenvalue weighted by atomic mass is 9.48. The van der Waals surface area contributed by atoms with Crippen LogP contribution in [0.5, 0.6) is 0 Å². The van der Waals surface area contributed by atoms with E-state index >= 15 is 0 Å². The zero-order valence-electron chi connectivity index (χ0n) is 11.3. The summed E-state index contributed by atoms with van der Waals surface area (Å²) in [6.07, 6.45) is 8.78. The number of nitrogens with two attached hydrogens (primary N) is 1. The van der Waals surface area contributed by atoms with Gasteiger partial charge in [0, 0.05) is 6.42 Å². The summed E-state index contributed by atoms with van der Waals surface area (Å²) in [4.78, 5) is 11.8. The van der Waals surface area contributed by atoms with Crippen LogP contribution in [-0.4, -0.2) is 16.5 Å². The molecule has 1 atom stereocenters. The van der Waals surface area contributed by atoms with Crippen molar-refractivity contribution >= 4 is 5.91 Å². The van der Waals surface area contributed by atoms with Gasteiger partial charge in [-0.05, 0) is 75.0 Å². The molecule has 5 rings (SSSR count). The average molecular weight is 248 g/mol. The van der Waals surface area contributed by atoms with Gasteiger partial charge in [-0.2, -0.15) is 0 Å². The molecule has 0 aromatic rings. The van der Waals surface area contributed by atoms with Crippen LogP contribution in [0.25, 0.3) is 0 Å². The Bertz CT molecular complexity index is 366. The van der Waals surface area contributed by atoms with E-state index < -0.39 is 0 Å². The number of hydrazine groups is 1. The average Bonchev–Trinajstić information content (AvgIpc) is 2.57. The molecule has 18 heavy (non-hydrogen) atoms. The second-order valence-electron chi connectivity index (χ2n) is 7.58. The summed E-state index contributed by atoms with van der Waals surface area (Å²) in [6.45, 7) is 2.25. The first-order valence-electron chi connectivity index (χ1n) is 7.65. The quantitative estimate of drug-likeness (QED) is 0.572. The van der Waals surface area contributed by atoms with Crippen molar-refractivity contribution in [2.45, 2.75) is 57.4 Å². The minimum Gasteiger partial charge on any atom is -0.274 e. The third kappa shape index (κ3) is 1.31. The van der Waals surface area contributed by atoms with Crippen LogP contribution in [0, 0.1) is 29.6 Å². The highest BCUT2D eigenvalue weighted by atomic mass is 16.2. The third-order valence-electron chi connectivity index (χ3n) is 6.61. The first kappa shape index (κ1) is 11.3. The number of hydrogen-bond donors (Lipinski definition) is 1. The maximum atomic E-state index is 11.8. The van der Waals surface area contributed by atoms with E-state index in [-0.39, 0.29) is 11.4 Å². The highest BCUT2D eigenvalue weighted by Gasteiger charge is 2.57. The van der Waals surface area contributed by atoms with Crippen molar-refractivity contribution in [3.63, 3.8) is 0 Å². The van der Waals surface area contributed by atoms with Gasteiger partial charge in [0.05, 0.1) is 5.54 Å². The Hall–Kier alpha value is -0.570. The Labute approximate surface area is 109 Å². The standard InChI is InChI=1S/C15H24N2O/c1-15(3-2-13(18)17(15)16)14-11-5-9-4-10(7-11)8-12(14)6-9/h9-12,14H,2-8,16H2,1H3. The lowest BCUT2D eigenvalue weighted by Gasteiger charge is -2.59.